The molecule has 8 heteroatoms. The number of nitrogen functional groups attached to an aromatic ring is 1. The van der Waals surface area contributed by atoms with Gasteiger partial charge in [-0.15, -0.1) is 0 Å². The number of hydrogen-bond acceptors (Lipinski definition) is 7. The summed E-state index contributed by atoms with van der Waals surface area (Å²) in [6.07, 6.45) is 5.23. The van der Waals surface area contributed by atoms with Crippen molar-refractivity contribution in [3.63, 3.8) is 0 Å². The van der Waals surface area contributed by atoms with E-state index in [0.29, 0.717) is 17.1 Å². The lowest BCUT2D eigenvalue weighted by molar-refractivity contribution is 0.0953. The third-order valence-electron chi connectivity index (χ3n) is 2.93. The van der Waals surface area contributed by atoms with Gasteiger partial charge in [0.25, 0.3) is 5.91 Å². The molecule has 1 saturated carbocycles. The Morgan fingerprint density at radius 1 is 1.50 bits per heavy atom. The topological polar surface area (TPSA) is 106 Å². The highest BCUT2D eigenvalue weighted by atomic mass is 32.1. The molecule has 1 aliphatic rings. The van der Waals surface area contributed by atoms with Crippen LogP contribution < -0.4 is 16.4 Å². The number of nitrogens with one attached hydrogen (secondary N) is 2. The average molecular weight is 290 g/mol. The number of nitrogens with zero attached hydrogens (tertiary/aromatic N) is 3. The Bertz CT molecular complexity index is 610. The Labute approximate surface area is 119 Å². The van der Waals surface area contributed by atoms with E-state index in [1.54, 1.807) is 12.3 Å². The van der Waals surface area contributed by atoms with Crippen LogP contribution in [0, 0.1) is 0 Å². The molecule has 1 amide bonds. The normalized spacial score (nSPS) is 14.0. The van der Waals surface area contributed by atoms with Crippen LogP contribution in [0.1, 0.15) is 28.9 Å². The summed E-state index contributed by atoms with van der Waals surface area (Å²) in [5, 5.41) is 6.73. The molecule has 7 nitrogen and oxygen atoms in total. The van der Waals surface area contributed by atoms with Crippen molar-refractivity contribution in [3.05, 3.63) is 29.8 Å². The summed E-state index contributed by atoms with van der Waals surface area (Å²) >= 11 is 1.18. The molecule has 0 aromatic carbocycles. The molecule has 104 valence electrons. The summed E-state index contributed by atoms with van der Waals surface area (Å²) in [4.78, 5) is 20.1. The van der Waals surface area contributed by atoms with Crippen LogP contribution in [-0.4, -0.2) is 26.3 Å². The van der Waals surface area contributed by atoms with Crippen molar-refractivity contribution in [1.29, 1.82) is 0 Å². The molecule has 2 heterocycles. The van der Waals surface area contributed by atoms with Gasteiger partial charge < -0.3 is 16.4 Å². The quantitative estimate of drug-likeness (QED) is 0.759. The molecule has 0 spiro atoms. The van der Waals surface area contributed by atoms with E-state index in [-0.39, 0.29) is 17.8 Å². The lowest BCUT2D eigenvalue weighted by Crippen LogP contribution is -2.26. The van der Waals surface area contributed by atoms with Gasteiger partial charge in [-0.25, -0.2) is 9.97 Å². The fourth-order valence-corrected chi connectivity index (χ4v) is 2.43. The van der Waals surface area contributed by atoms with Crippen molar-refractivity contribution in [2.75, 3.05) is 11.1 Å². The summed E-state index contributed by atoms with van der Waals surface area (Å²) in [5.74, 6) is 0.0993. The summed E-state index contributed by atoms with van der Waals surface area (Å²) in [7, 11) is 0. The first kappa shape index (κ1) is 12.8. The highest BCUT2D eigenvalue weighted by Crippen LogP contribution is 2.28. The highest BCUT2D eigenvalue weighted by molar-refractivity contribution is 7.11. The van der Waals surface area contributed by atoms with E-state index in [1.165, 1.54) is 17.9 Å². The minimum Gasteiger partial charge on any atom is -0.382 e. The molecular weight excluding hydrogens is 276 g/mol. The molecule has 2 aromatic heterocycles. The van der Waals surface area contributed by atoms with Gasteiger partial charge in [-0.2, -0.15) is 4.37 Å². The SMILES string of the molecule is Nc1nsc(NCc2ccncn2)c1C(=O)NC1CC1. The van der Waals surface area contributed by atoms with Crippen LogP contribution >= 0.6 is 11.5 Å². The number of hydrogen-bond donors (Lipinski definition) is 3. The van der Waals surface area contributed by atoms with Crippen molar-refractivity contribution in [2.24, 2.45) is 0 Å². The zero-order valence-corrected chi connectivity index (χ0v) is 11.5. The zero-order chi connectivity index (χ0) is 13.9. The fraction of sp³-hybridized carbons (Fsp3) is 0.333. The second-order valence-electron chi connectivity index (χ2n) is 4.57. The third kappa shape index (κ3) is 2.85. The molecule has 4 N–H and O–H groups in total. The zero-order valence-electron chi connectivity index (χ0n) is 10.7. The molecular formula is C12H14N6OS. The van der Waals surface area contributed by atoms with Crippen LogP contribution in [0.2, 0.25) is 0 Å². The summed E-state index contributed by atoms with van der Waals surface area (Å²) < 4.78 is 4.04. The maximum Gasteiger partial charge on any atom is 0.258 e. The second-order valence-corrected chi connectivity index (χ2v) is 5.35. The minimum absolute atomic E-state index is 0.163. The maximum absolute atomic E-state index is 12.1. The minimum atomic E-state index is -0.163. The van der Waals surface area contributed by atoms with Crippen LogP contribution in [0.3, 0.4) is 0 Å². The molecule has 0 atom stereocenters. The predicted molar refractivity (Wildman–Crippen MR) is 76.4 cm³/mol. The molecule has 2 aromatic rings. The largest absolute Gasteiger partial charge is 0.382 e. The lowest BCUT2D eigenvalue weighted by Gasteiger charge is -2.07. The Morgan fingerprint density at radius 2 is 2.35 bits per heavy atom. The number of amides is 1. The first-order chi connectivity index (χ1) is 9.74. The average Bonchev–Trinajstić information content (AvgIpc) is 3.19. The monoisotopic (exact) mass is 290 g/mol. The van der Waals surface area contributed by atoms with Gasteiger partial charge in [0.15, 0.2) is 5.82 Å². The number of carbonyl (C=O) groups excluding carboxylic acids is 1. The van der Waals surface area contributed by atoms with E-state index < -0.39 is 0 Å². The van der Waals surface area contributed by atoms with E-state index in [4.69, 9.17) is 5.73 Å². The van der Waals surface area contributed by atoms with Gasteiger partial charge in [-0.3, -0.25) is 4.79 Å². The highest BCUT2D eigenvalue weighted by Gasteiger charge is 2.27. The first-order valence-electron chi connectivity index (χ1n) is 6.29. The number of anilines is 2. The van der Waals surface area contributed by atoms with E-state index in [1.807, 2.05) is 0 Å². The summed E-state index contributed by atoms with van der Waals surface area (Å²) in [6.45, 7) is 0.494. The molecule has 1 aliphatic carbocycles. The number of carbonyl (C=O) groups is 1. The standard InChI is InChI=1S/C12H14N6OS/c13-10-9(11(19)17-7-1-2-7)12(20-18-10)15-5-8-3-4-14-6-16-8/h3-4,6-7,15H,1-2,5H2,(H2,13,18)(H,17,19). The first-order valence-corrected chi connectivity index (χ1v) is 7.06. The molecule has 1 fully saturated rings. The van der Waals surface area contributed by atoms with Crippen molar-refractivity contribution >= 4 is 28.3 Å². The smallest absolute Gasteiger partial charge is 0.258 e. The van der Waals surface area contributed by atoms with Crippen LogP contribution in [0.15, 0.2) is 18.6 Å². The maximum atomic E-state index is 12.1. The van der Waals surface area contributed by atoms with Crippen LogP contribution in [-0.2, 0) is 6.54 Å². The molecule has 20 heavy (non-hydrogen) atoms. The molecule has 0 radical (unpaired) electrons. The van der Waals surface area contributed by atoms with Gasteiger partial charge in [0, 0.05) is 12.2 Å². The number of aromatic nitrogens is 3. The Kier molecular flexibility index (Phi) is 3.46. The van der Waals surface area contributed by atoms with Crippen LogP contribution in [0.4, 0.5) is 10.8 Å². The van der Waals surface area contributed by atoms with E-state index in [0.717, 1.165) is 18.5 Å². The van der Waals surface area contributed by atoms with Crippen molar-refractivity contribution in [3.8, 4) is 0 Å². The second kappa shape index (κ2) is 5.41. The Morgan fingerprint density at radius 3 is 3.05 bits per heavy atom. The van der Waals surface area contributed by atoms with Gasteiger partial charge in [0.05, 0.1) is 12.2 Å². The fourth-order valence-electron chi connectivity index (χ4n) is 1.72. The van der Waals surface area contributed by atoms with Crippen molar-refractivity contribution in [1.82, 2.24) is 19.7 Å². The summed E-state index contributed by atoms with van der Waals surface area (Å²) in [6, 6.07) is 2.10. The third-order valence-corrected chi connectivity index (χ3v) is 3.75. The molecule has 3 rings (SSSR count). The van der Waals surface area contributed by atoms with Gasteiger partial charge in [-0.05, 0) is 30.4 Å². The van der Waals surface area contributed by atoms with Crippen LogP contribution in [0.5, 0.6) is 0 Å². The van der Waals surface area contributed by atoms with E-state index >= 15 is 0 Å². The summed E-state index contributed by atoms with van der Waals surface area (Å²) in [5.41, 5.74) is 7.04. The van der Waals surface area contributed by atoms with Crippen molar-refractivity contribution in [2.45, 2.75) is 25.4 Å². The van der Waals surface area contributed by atoms with Gasteiger partial charge >= 0.3 is 0 Å². The molecule has 0 bridgehead atoms. The van der Waals surface area contributed by atoms with E-state index in [2.05, 4.69) is 25.0 Å². The number of rotatable bonds is 5. The van der Waals surface area contributed by atoms with Crippen LogP contribution in [0.25, 0.3) is 0 Å². The van der Waals surface area contributed by atoms with Gasteiger partial charge in [0.2, 0.25) is 0 Å². The predicted octanol–water partition coefficient (Wildman–Crippen LogP) is 1.02. The Hall–Kier alpha value is -2.22. The number of nitrogens with two attached hydrogens (primary N) is 1. The molecule has 0 saturated heterocycles. The van der Waals surface area contributed by atoms with Gasteiger partial charge in [-0.1, -0.05) is 0 Å². The van der Waals surface area contributed by atoms with Crippen molar-refractivity contribution < 1.29 is 4.79 Å². The Balaban J connectivity index is 1.71. The molecule has 0 unspecified atom stereocenters. The lowest BCUT2D eigenvalue weighted by atomic mass is 10.3. The van der Waals surface area contributed by atoms with Gasteiger partial charge in [0.1, 0.15) is 16.9 Å². The van der Waals surface area contributed by atoms with E-state index in [9.17, 15) is 4.79 Å². The molecule has 0 aliphatic heterocycles.